The van der Waals surface area contributed by atoms with Crippen LogP contribution in [0.3, 0.4) is 0 Å². The van der Waals surface area contributed by atoms with Gasteiger partial charge in [-0.3, -0.25) is 10.2 Å². The SMILES string of the molecule is Cc1ccc(C(=O)NN(Cl)C(C)(C)C)cc1. The fraction of sp³-hybridized carbons (Fsp3) is 0.417. The van der Waals surface area contributed by atoms with Gasteiger partial charge in [0.2, 0.25) is 0 Å². The molecule has 0 aliphatic rings. The monoisotopic (exact) mass is 240 g/mol. The summed E-state index contributed by atoms with van der Waals surface area (Å²) in [4.78, 5) is 11.8. The zero-order valence-corrected chi connectivity index (χ0v) is 10.8. The van der Waals surface area contributed by atoms with E-state index in [0.29, 0.717) is 5.56 Å². The van der Waals surface area contributed by atoms with Gasteiger partial charge >= 0.3 is 0 Å². The molecule has 0 saturated heterocycles. The smallest absolute Gasteiger partial charge is 0.266 e. The Morgan fingerprint density at radius 1 is 1.25 bits per heavy atom. The molecule has 0 bridgehead atoms. The highest BCUT2D eigenvalue weighted by Gasteiger charge is 2.21. The first-order valence-corrected chi connectivity index (χ1v) is 5.48. The van der Waals surface area contributed by atoms with E-state index in [4.69, 9.17) is 11.8 Å². The summed E-state index contributed by atoms with van der Waals surface area (Å²) in [6.07, 6.45) is 0. The van der Waals surface area contributed by atoms with Gasteiger partial charge in [0, 0.05) is 22.9 Å². The zero-order chi connectivity index (χ0) is 12.3. The average Bonchev–Trinajstić information content (AvgIpc) is 2.17. The van der Waals surface area contributed by atoms with Gasteiger partial charge < -0.3 is 0 Å². The van der Waals surface area contributed by atoms with Crippen molar-refractivity contribution in [2.75, 3.05) is 0 Å². The Hall–Kier alpha value is -1.06. The molecule has 16 heavy (non-hydrogen) atoms. The molecule has 0 aliphatic carbocycles. The highest BCUT2D eigenvalue weighted by molar-refractivity contribution is 6.14. The summed E-state index contributed by atoms with van der Waals surface area (Å²) < 4.78 is 1.29. The summed E-state index contributed by atoms with van der Waals surface area (Å²) in [5.41, 5.74) is 4.02. The lowest BCUT2D eigenvalue weighted by atomic mass is 10.1. The second-order valence-electron chi connectivity index (χ2n) is 4.76. The highest BCUT2D eigenvalue weighted by atomic mass is 35.5. The second kappa shape index (κ2) is 4.85. The van der Waals surface area contributed by atoms with Gasteiger partial charge in [-0.15, -0.1) is 4.53 Å². The maximum absolute atomic E-state index is 11.8. The van der Waals surface area contributed by atoms with Crippen LogP contribution >= 0.6 is 11.8 Å². The van der Waals surface area contributed by atoms with Gasteiger partial charge in [0.05, 0.1) is 0 Å². The number of carbonyl (C=O) groups excluding carboxylic acids is 1. The van der Waals surface area contributed by atoms with Crippen molar-refractivity contribution in [2.45, 2.75) is 33.2 Å². The van der Waals surface area contributed by atoms with Crippen molar-refractivity contribution in [3.8, 4) is 0 Å². The van der Waals surface area contributed by atoms with Crippen LogP contribution in [0.25, 0.3) is 0 Å². The van der Waals surface area contributed by atoms with Crippen molar-refractivity contribution in [3.05, 3.63) is 35.4 Å². The normalized spacial score (nSPS) is 11.6. The van der Waals surface area contributed by atoms with Crippen molar-refractivity contribution in [2.24, 2.45) is 0 Å². The summed E-state index contributed by atoms with van der Waals surface area (Å²) in [7, 11) is 0. The predicted molar refractivity (Wildman–Crippen MR) is 66.1 cm³/mol. The van der Waals surface area contributed by atoms with E-state index in [-0.39, 0.29) is 11.4 Å². The Kier molecular flexibility index (Phi) is 3.94. The molecule has 0 aliphatic heterocycles. The van der Waals surface area contributed by atoms with E-state index in [1.54, 1.807) is 12.1 Å². The molecule has 1 aromatic carbocycles. The van der Waals surface area contributed by atoms with E-state index in [1.165, 1.54) is 4.53 Å². The van der Waals surface area contributed by atoms with Gasteiger partial charge in [0.1, 0.15) is 0 Å². The Morgan fingerprint density at radius 3 is 2.19 bits per heavy atom. The van der Waals surface area contributed by atoms with Crippen molar-refractivity contribution in [3.63, 3.8) is 0 Å². The van der Waals surface area contributed by atoms with Crippen LogP contribution < -0.4 is 5.43 Å². The lowest BCUT2D eigenvalue weighted by Crippen LogP contribution is -2.46. The molecule has 0 unspecified atom stereocenters. The Labute approximate surface area is 101 Å². The van der Waals surface area contributed by atoms with Gasteiger partial charge in [0.15, 0.2) is 0 Å². The van der Waals surface area contributed by atoms with Gasteiger partial charge in [-0.2, -0.15) is 0 Å². The first-order chi connectivity index (χ1) is 7.30. The average molecular weight is 241 g/mol. The predicted octanol–water partition coefficient (Wildman–Crippen LogP) is 2.89. The van der Waals surface area contributed by atoms with Crippen LogP contribution in [0.2, 0.25) is 0 Å². The number of hydrogen-bond donors (Lipinski definition) is 1. The van der Waals surface area contributed by atoms with Crippen LogP contribution in [0.15, 0.2) is 24.3 Å². The number of benzene rings is 1. The molecule has 0 radical (unpaired) electrons. The van der Waals surface area contributed by atoms with Crippen LogP contribution in [-0.4, -0.2) is 16.0 Å². The van der Waals surface area contributed by atoms with Gasteiger partial charge in [-0.05, 0) is 39.8 Å². The molecular formula is C12H17ClN2O. The minimum Gasteiger partial charge on any atom is -0.270 e. The standard InChI is InChI=1S/C12H17ClN2O/c1-9-5-7-10(8-6-9)11(16)14-15(13)12(2,3)4/h5-8H,1-4H3,(H,14,16). The number of aryl methyl sites for hydroxylation is 1. The summed E-state index contributed by atoms with van der Waals surface area (Å²) in [6.45, 7) is 7.71. The van der Waals surface area contributed by atoms with Crippen molar-refractivity contribution >= 4 is 17.7 Å². The molecule has 0 aromatic heterocycles. The molecule has 1 aromatic rings. The number of hydrazine groups is 1. The summed E-state index contributed by atoms with van der Waals surface area (Å²) in [5.74, 6) is -0.204. The number of nitrogens with one attached hydrogen (secondary N) is 1. The molecule has 0 saturated carbocycles. The van der Waals surface area contributed by atoms with Crippen molar-refractivity contribution < 1.29 is 4.79 Å². The first kappa shape index (κ1) is 13.0. The molecular weight excluding hydrogens is 224 g/mol. The Bertz CT molecular complexity index is 368. The van der Waals surface area contributed by atoms with Gasteiger partial charge in [-0.1, -0.05) is 17.7 Å². The largest absolute Gasteiger partial charge is 0.270 e. The molecule has 1 amide bonds. The number of rotatable bonds is 2. The number of nitrogens with zero attached hydrogens (tertiary/aromatic N) is 1. The molecule has 1 rings (SSSR count). The molecule has 0 fully saturated rings. The second-order valence-corrected chi connectivity index (χ2v) is 5.10. The Morgan fingerprint density at radius 2 is 1.75 bits per heavy atom. The third-order valence-corrected chi connectivity index (χ3v) is 2.69. The van der Waals surface area contributed by atoms with Crippen LogP contribution in [0.1, 0.15) is 36.7 Å². The maximum atomic E-state index is 11.8. The fourth-order valence-electron chi connectivity index (χ4n) is 1.03. The fourth-order valence-corrected chi connectivity index (χ4v) is 1.10. The van der Waals surface area contributed by atoms with Gasteiger partial charge in [-0.25, -0.2) is 0 Å². The molecule has 0 atom stereocenters. The molecule has 0 heterocycles. The lowest BCUT2D eigenvalue weighted by molar-refractivity contribution is 0.0806. The van der Waals surface area contributed by atoms with Crippen molar-refractivity contribution in [1.29, 1.82) is 0 Å². The third kappa shape index (κ3) is 3.51. The topological polar surface area (TPSA) is 32.3 Å². The van der Waals surface area contributed by atoms with E-state index >= 15 is 0 Å². The number of halogens is 1. The van der Waals surface area contributed by atoms with E-state index in [2.05, 4.69) is 5.43 Å². The molecule has 4 heteroatoms. The maximum Gasteiger partial charge on any atom is 0.266 e. The number of carbonyl (C=O) groups is 1. The van der Waals surface area contributed by atoms with E-state index in [9.17, 15) is 4.79 Å². The zero-order valence-electron chi connectivity index (χ0n) is 10.0. The molecule has 3 nitrogen and oxygen atoms in total. The quantitative estimate of drug-likeness (QED) is 0.637. The Balaban J connectivity index is 2.70. The third-order valence-electron chi connectivity index (χ3n) is 2.10. The molecule has 1 N–H and O–H groups in total. The van der Waals surface area contributed by atoms with E-state index in [1.807, 2.05) is 39.8 Å². The van der Waals surface area contributed by atoms with Crippen LogP contribution in [-0.2, 0) is 0 Å². The van der Waals surface area contributed by atoms with Gasteiger partial charge in [0.25, 0.3) is 5.91 Å². The number of hydrogen-bond acceptors (Lipinski definition) is 2. The summed E-state index contributed by atoms with van der Waals surface area (Å²) in [6, 6.07) is 7.34. The lowest BCUT2D eigenvalue weighted by Gasteiger charge is -2.28. The minimum atomic E-state index is -0.318. The van der Waals surface area contributed by atoms with Crippen LogP contribution in [0.4, 0.5) is 0 Å². The first-order valence-electron chi connectivity index (χ1n) is 5.14. The summed E-state index contributed by atoms with van der Waals surface area (Å²) >= 11 is 5.93. The van der Waals surface area contributed by atoms with E-state index < -0.39 is 0 Å². The molecule has 88 valence electrons. The minimum absolute atomic E-state index is 0.204. The number of amides is 1. The highest BCUT2D eigenvalue weighted by Crippen LogP contribution is 2.13. The summed E-state index contributed by atoms with van der Waals surface area (Å²) in [5, 5.41) is 0. The van der Waals surface area contributed by atoms with Crippen LogP contribution in [0.5, 0.6) is 0 Å². The van der Waals surface area contributed by atoms with Crippen molar-refractivity contribution in [1.82, 2.24) is 9.95 Å². The van der Waals surface area contributed by atoms with E-state index in [0.717, 1.165) is 5.56 Å². The van der Waals surface area contributed by atoms with Crippen LogP contribution in [0, 0.1) is 6.92 Å². The molecule has 0 spiro atoms.